The Labute approximate surface area is 128 Å². The van der Waals surface area contributed by atoms with Crippen LogP contribution in [0.4, 0.5) is 5.82 Å². The van der Waals surface area contributed by atoms with Gasteiger partial charge in [-0.25, -0.2) is 4.98 Å². The fourth-order valence-corrected chi connectivity index (χ4v) is 3.80. The smallest absolute Gasteiger partial charge is 0.225 e. The van der Waals surface area contributed by atoms with Gasteiger partial charge in [0.1, 0.15) is 10.6 Å². The summed E-state index contributed by atoms with van der Waals surface area (Å²) in [4.78, 5) is 14.3. The van der Waals surface area contributed by atoms with Crippen LogP contribution in [0.25, 0.3) is 10.2 Å². The van der Waals surface area contributed by atoms with Gasteiger partial charge in [0, 0.05) is 13.6 Å². The SMILES string of the molecule is CN1CCC(CN(C)c2nc(Cl)nc3sccc23)CC1. The van der Waals surface area contributed by atoms with Crippen LogP contribution in [0.5, 0.6) is 0 Å². The van der Waals surface area contributed by atoms with Crippen molar-refractivity contribution in [2.24, 2.45) is 5.92 Å². The molecule has 1 saturated heterocycles. The molecule has 0 aliphatic carbocycles. The number of aromatic nitrogens is 2. The van der Waals surface area contributed by atoms with E-state index >= 15 is 0 Å². The molecule has 108 valence electrons. The Bertz CT molecular complexity index is 592. The molecule has 0 atom stereocenters. The van der Waals surface area contributed by atoms with Gasteiger partial charge in [-0.1, -0.05) is 0 Å². The van der Waals surface area contributed by atoms with Gasteiger partial charge in [0.2, 0.25) is 5.28 Å². The summed E-state index contributed by atoms with van der Waals surface area (Å²) in [6.07, 6.45) is 2.51. The first kappa shape index (κ1) is 14.0. The van der Waals surface area contributed by atoms with Crippen molar-refractivity contribution in [3.05, 3.63) is 16.7 Å². The highest BCUT2D eigenvalue weighted by molar-refractivity contribution is 7.16. The highest BCUT2D eigenvalue weighted by atomic mass is 35.5. The van der Waals surface area contributed by atoms with Crippen molar-refractivity contribution >= 4 is 39.0 Å². The zero-order chi connectivity index (χ0) is 14.1. The summed E-state index contributed by atoms with van der Waals surface area (Å²) >= 11 is 7.65. The van der Waals surface area contributed by atoms with E-state index in [4.69, 9.17) is 11.6 Å². The summed E-state index contributed by atoms with van der Waals surface area (Å²) in [5.41, 5.74) is 0. The van der Waals surface area contributed by atoms with Gasteiger partial charge in [0.25, 0.3) is 0 Å². The fourth-order valence-electron chi connectivity index (χ4n) is 2.82. The minimum Gasteiger partial charge on any atom is -0.359 e. The Morgan fingerprint density at radius 1 is 1.40 bits per heavy atom. The molecule has 0 amide bonds. The number of halogens is 1. The van der Waals surface area contributed by atoms with Gasteiger partial charge < -0.3 is 9.80 Å². The van der Waals surface area contributed by atoms with E-state index in [9.17, 15) is 0 Å². The molecule has 20 heavy (non-hydrogen) atoms. The van der Waals surface area contributed by atoms with E-state index in [2.05, 4.69) is 39.9 Å². The molecule has 2 aromatic rings. The third-order valence-corrected chi connectivity index (χ3v) is 4.99. The molecule has 1 aliphatic heterocycles. The van der Waals surface area contributed by atoms with Gasteiger partial charge >= 0.3 is 0 Å². The number of thiophene rings is 1. The number of nitrogens with zero attached hydrogens (tertiary/aromatic N) is 4. The maximum Gasteiger partial charge on any atom is 0.225 e. The van der Waals surface area contributed by atoms with Crippen LogP contribution in [-0.4, -0.2) is 48.6 Å². The van der Waals surface area contributed by atoms with Crippen LogP contribution in [0.1, 0.15) is 12.8 Å². The molecule has 0 spiro atoms. The van der Waals surface area contributed by atoms with Gasteiger partial charge in [-0.2, -0.15) is 4.98 Å². The van der Waals surface area contributed by atoms with Crippen LogP contribution < -0.4 is 4.90 Å². The minimum absolute atomic E-state index is 0.338. The number of hydrogen-bond acceptors (Lipinski definition) is 5. The molecule has 0 saturated carbocycles. The second-order valence-electron chi connectivity index (χ2n) is 5.58. The van der Waals surface area contributed by atoms with E-state index in [0.29, 0.717) is 5.28 Å². The minimum atomic E-state index is 0.338. The van der Waals surface area contributed by atoms with Crippen LogP contribution in [0.15, 0.2) is 11.4 Å². The molecule has 0 bridgehead atoms. The third kappa shape index (κ3) is 2.90. The topological polar surface area (TPSA) is 32.3 Å². The lowest BCUT2D eigenvalue weighted by Crippen LogP contribution is -2.36. The Balaban J connectivity index is 1.78. The molecular weight excluding hydrogens is 292 g/mol. The maximum absolute atomic E-state index is 6.04. The molecule has 0 aromatic carbocycles. The molecule has 6 heteroatoms. The molecule has 2 aromatic heterocycles. The van der Waals surface area contributed by atoms with Crippen LogP contribution >= 0.6 is 22.9 Å². The predicted molar refractivity (Wildman–Crippen MR) is 85.9 cm³/mol. The van der Waals surface area contributed by atoms with Crippen molar-refractivity contribution in [3.63, 3.8) is 0 Å². The monoisotopic (exact) mass is 310 g/mol. The van der Waals surface area contributed by atoms with Gasteiger partial charge in [0.05, 0.1) is 5.39 Å². The Hall–Kier alpha value is -0.910. The third-order valence-electron chi connectivity index (χ3n) is 4.01. The second kappa shape index (κ2) is 5.84. The largest absolute Gasteiger partial charge is 0.359 e. The first-order chi connectivity index (χ1) is 9.63. The first-order valence-corrected chi connectivity index (χ1v) is 8.19. The molecule has 1 aliphatic rings. The zero-order valence-electron chi connectivity index (χ0n) is 11.8. The van der Waals surface area contributed by atoms with E-state index in [0.717, 1.165) is 28.5 Å². The molecule has 1 fully saturated rings. The first-order valence-electron chi connectivity index (χ1n) is 6.94. The molecule has 0 N–H and O–H groups in total. The van der Waals surface area contributed by atoms with E-state index in [1.807, 2.05) is 5.38 Å². The molecule has 3 rings (SSSR count). The number of piperidine rings is 1. The highest BCUT2D eigenvalue weighted by Gasteiger charge is 2.20. The maximum atomic E-state index is 6.04. The van der Waals surface area contributed by atoms with Crippen LogP contribution in [0.2, 0.25) is 5.28 Å². The fraction of sp³-hybridized carbons (Fsp3) is 0.571. The van der Waals surface area contributed by atoms with E-state index < -0.39 is 0 Å². The normalized spacial score (nSPS) is 17.8. The standard InChI is InChI=1S/C14H19ClN4S/c1-18-6-3-10(4-7-18)9-19(2)12-11-5-8-20-13(11)17-14(15)16-12/h5,8,10H,3-4,6-7,9H2,1-2H3. The molecule has 3 heterocycles. The van der Waals surface area contributed by atoms with E-state index in [1.165, 1.54) is 25.9 Å². The Kier molecular flexibility index (Phi) is 4.10. The highest BCUT2D eigenvalue weighted by Crippen LogP contribution is 2.29. The van der Waals surface area contributed by atoms with Crippen molar-refractivity contribution in [2.75, 3.05) is 38.6 Å². The Morgan fingerprint density at radius 2 is 2.15 bits per heavy atom. The number of anilines is 1. The molecule has 0 radical (unpaired) electrons. The van der Waals surface area contributed by atoms with Crippen LogP contribution in [0, 0.1) is 5.92 Å². The zero-order valence-corrected chi connectivity index (χ0v) is 13.4. The molecule has 4 nitrogen and oxygen atoms in total. The van der Waals surface area contributed by atoms with Crippen molar-refractivity contribution in [2.45, 2.75) is 12.8 Å². The summed E-state index contributed by atoms with van der Waals surface area (Å²) in [5.74, 6) is 1.69. The molecular formula is C14H19ClN4S. The number of rotatable bonds is 3. The number of hydrogen-bond donors (Lipinski definition) is 0. The van der Waals surface area contributed by atoms with Crippen LogP contribution in [-0.2, 0) is 0 Å². The van der Waals surface area contributed by atoms with Gasteiger partial charge in [-0.3, -0.25) is 0 Å². The van der Waals surface area contributed by atoms with Gasteiger partial charge in [-0.15, -0.1) is 11.3 Å². The lowest BCUT2D eigenvalue weighted by Gasteiger charge is -2.32. The predicted octanol–water partition coefficient (Wildman–Crippen LogP) is 3.12. The van der Waals surface area contributed by atoms with Crippen molar-refractivity contribution in [1.82, 2.24) is 14.9 Å². The average Bonchev–Trinajstić information content (AvgIpc) is 2.88. The van der Waals surface area contributed by atoms with E-state index in [1.54, 1.807) is 11.3 Å². The van der Waals surface area contributed by atoms with Crippen molar-refractivity contribution in [1.29, 1.82) is 0 Å². The summed E-state index contributed by atoms with van der Waals surface area (Å²) in [6.45, 7) is 3.42. The lowest BCUT2D eigenvalue weighted by molar-refractivity contribution is 0.222. The van der Waals surface area contributed by atoms with Crippen LogP contribution in [0.3, 0.4) is 0 Å². The van der Waals surface area contributed by atoms with Gasteiger partial charge in [0.15, 0.2) is 0 Å². The lowest BCUT2D eigenvalue weighted by atomic mass is 9.96. The number of fused-ring (bicyclic) bond motifs is 1. The van der Waals surface area contributed by atoms with E-state index in [-0.39, 0.29) is 0 Å². The quantitative estimate of drug-likeness (QED) is 0.815. The van der Waals surface area contributed by atoms with Gasteiger partial charge in [-0.05, 0) is 61.9 Å². The summed E-state index contributed by atoms with van der Waals surface area (Å²) in [6, 6.07) is 2.08. The summed E-state index contributed by atoms with van der Waals surface area (Å²) in [5, 5.41) is 3.49. The summed E-state index contributed by atoms with van der Waals surface area (Å²) in [7, 11) is 4.30. The summed E-state index contributed by atoms with van der Waals surface area (Å²) < 4.78 is 0. The second-order valence-corrected chi connectivity index (χ2v) is 6.82. The van der Waals surface area contributed by atoms with Crippen molar-refractivity contribution in [3.8, 4) is 0 Å². The Morgan fingerprint density at radius 3 is 2.90 bits per heavy atom. The molecule has 0 unspecified atom stereocenters. The van der Waals surface area contributed by atoms with Crippen molar-refractivity contribution < 1.29 is 0 Å². The average molecular weight is 311 g/mol. The number of likely N-dealkylation sites (tertiary alicyclic amines) is 1.